The number of ether oxygens (including phenoxy) is 1. The molecule has 1 aliphatic rings. The fraction of sp³-hybridized carbons (Fsp3) is 0.609. The van der Waals surface area contributed by atoms with Crippen molar-refractivity contribution in [3.8, 4) is 0 Å². The average molecular weight is 387 g/mol. The van der Waals surface area contributed by atoms with Gasteiger partial charge in [0.1, 0.15) is 0 Å². The van der Waals surface area contributed by atoms with E-state index in [9.17, 15) is 4.79 Å². The summed E-state index contributed by atoms with van der Waals surface area (Å²) in [6.45, 7) is 8.82. The number of benzene rings is 1. The third-order valence-corrected chi connectivity index (χ3v) is 5.96. The van der Waals surface area contributed by atoms with E-state index in [1.165, 1.54) is 18.2 Å². The topological polar surface area (TPSA) is 74.3 Å². The molecular weight excluding hydrogens is 352 g/mol. The van der Waals surface area contributed by atoms with Crippen molar-refractivity contribution in [1.29, 1.82) is 0 Å². The molecule has 3 rings (SSSR count). The molecule has 3 N–H and O–H groups in total. The Bertz CT molecular complexity index is 783. The molecule has 1 heterocycles. The van der Waals surface area contributed by atoms with Gasteiger partial charge < -0.3 is 20.1 Å². The Balaban J connectivity index is 1.49. The van der Waals surface area contributed by atoms with Gasteiger partial charge in [-0.15, -0.1) is 0 Å². The first-order valence-electron chi connectivity index (χ1n) is 10.5. The maximum atomic E-state index is 10.6. The van der Waals surface area contributed by atoms with E-state index in [0.717, 1.165) is 35.5 Å². The SMILES string of the molecule is CC(C)(C)C1CCC(OCc2cc3ccc(CNCCC(=O)O)cc3[nH]2)CC1. The lowest BCUT2D eigenvalue weighted by Gasteiger charge is -2.36. The van der Waals surface area contributed by atoms with Crippen molar-refractivity contribution in [2.45, 2.75) is 72.1 Å². The minimum absolute atomic E-state index is 0.143. The molecule has 154 valence electrons. The van der Waals surface area contributed by atoms with Crippen LogP contribution < -0.4 is 5.32 Å². The molecule has 1 aromatic carbocycles. The van der Waals surface area contributed by atoms with Gasteiger partial charge in [0.25, 0.3) is 0 Å². The zero-order valence-electron chi connectivity index (χ0n) is 17.4. The Morgan fingerprint density at radius 2 is 1.96 bits per heavy atom. The van der Waals surface area contributed by atoms with Crippen LogP contribution in [-0.4, -0.2) is 28.7 Å². The summed E-state index contributed by atoms with van der Waals surface area (Å²) in [6.07, 6.45) is 5.36. The van der Waals surface area contributed by atoms with Gasteiger partial charge in [-0.2, -0.15) is 0 Å². The Labute approximate surface area is 167 Å². The maximum absolute atomic E-state index is 10.6. The normalized spacial score (nSPS) is 20.5. The number of nitrogens with one attached hydrogen (secondary N) is 2. The minimum Gasteiger partial charge on any atom is -0.481 e. The van der Waals surface area contributed by atoms with E-state index in [4.69, 9.17) is 9.84 Å². The zero-order chi connectivity index (χ0) is 20.1. The second-order valence-electron chi connectivity index (χ2n) is 9.19. The number of carboxylic acid groups (broad SMARTS) is 1. The molecule has 5 nitrogen and oxygen atoms in total. The quantitative estimate of drug-likeness (QED) is 0.567. The van der Waals surface area contributed by atoms with Gasteiger partial charge in [-0.25, -0.2) is 0 Å². The highest BCUT2D eigenvalue weighted by Gasteiger charge is 2.29. The van der Waals surface area contributed by atoms with Gasteiger partial charge in [-0.3, -0.25) is 4.79 Å². The third-order valence-electron chi connectivity index (χ3n) is 5.96. The van der Waals surface area contributed by atoms with E-state index < -0.39 is 5.97 Å². The van der Waals surface area contributed by atoms with Crippen LogP contribution in [0, 0.1) is 11.3 Å². The number of carbonyl (C=O) groups is 1. The average Bonchev–Trinajstić information content (AvgIpc) is 3.05. The smallest absolute Gasteiger partial charge is 0.304 e. The maximum Gasteiger partial charge on any atom is 0.304 e. The van der Waals surface area contributed by atoms with Crippen LogP contribution in [0.3, 0.4) is 0 Å². The van der Waals surface area contributed by atoms with Crippen LogP contribution in [0.2, 0.25) is 0 Å². The molecule has 0 saturated heterocycles. The van der Waals surface area contributed by atoms with E-state index in [1.54, 1.807) is 0 Å². The van der Waals surface area contributed by atoms with Gasteiger partial charge in [0, 0.05) is 24.3 Å². The van der Waals surface area contributed by atoms with Crippen molar-refractivity contribution in [1.82, 2.24) is 10.3 Å². The summed E-state index contributed by atoms with van der Waals surface area (Å²) in [5.74, 6) is 0.0341. The van der Waals surface area contributed by atoms with E-state index in [0.29, 0.717) is 31.2 Å². The number of aromatic amines is 1. The lowest BCUT2D eigenvalue weighted by atomic mass is 9.72. The highest BCUT2D eigenvalue weighted by Crippen LogP contribution is 2.38. The predicted molar refractivity (Wildman–Crippen MR) is 112 cm³/mol. The van der Waals surface area contributed by atoms with Crippen molar-refractivity contribution < 1.29 is 14.6 Å². The van der Waals surface area contributed by atoms with Crippen LogP contribution in [0.15, 0.2) is 24.3 Å². The fourth-order valence-electron chi connectivity index (χ4n) is 4.15. The number of hydrogen-bond donors (Lipinski definition) is 3. The van der Waals surface area contributed by atoms with Crippen molar-refractivity contribution in [3.63, 3.8) is 0 Å². The van der Waals surface area contributed by atoms with Gasteiger partial charge in [0.2, 0.25) is 0 Å². The van der Waals surface area contributed by atoms with Crippen molar-refractivity contribution in [2.75, 3.05) is 6.54 Å². The van der Waals surface area contributed by atoms with Crippen LogP contribution in [0.5, 0.6) is 0 Å². The molecule has 1 aromatic heterocycles. The molecule has 5 heteroatoms. The van der Waals surface area contributed by atoms with Crippen LogP contribution in [-0.2, 0) is 22.7 Å². The fourth-order valence-corrected chi connectivity index (χ4v) is 4.15. The summed E-state index contributed by atoms with van der Waals surface area (Å²) < 4.78 is 6.19. The predicted octanol–water partition coefficient (Wildman–Crippen LogP) is 4.85. The number of fused-ring (bicyclic) bond motifs is 1. The van der Waals surface area contributed by atoms with Gasteiger partial charge in [0.05, 0.1) is 19.1 Å². The lowest BCUT2D eigenvalue weighted by molar-refractivity contribution is -0.136. The number of carboxylic acids is 1. The first-order valence-corrected chi connectivity index (χ1v) is 10.5. The summed E-state index contributed by atoms with van der Waals surface area (Å²) in [7, 11) is 0. The van der Waals surface area contributed by atoms with Crippen LogP contribution in [0.1, 0.15) is 64.1 Å². The zero-order valence-corrected chi connectivity index (χ0v) is 17.4. The van der Waals surface area contributed by atoms with Crippen molar-refractivity contribution in [2.24, 2.45) is 11.3 Å². The lowest BCUT2D eigenvalue weighted by Crippen LogP contribution is -2.29. The highest BCUT2D eigenvalue weighted by atomic mass is 16.5. The largest absolute Gasteiger partial charge is 0.481 e. The number of aliphatic carboxylic acids is 1. The van der Waals surface area contributed by atoms with Crippen LogP contribution >= 0.6 is 0 Å². The third kappa shape index (κ3) is 5.82. The molecule has 0 bridgehead atoms. The molecule has 0 spiro atoms. The van der Waals surface area contributed by atoms with Gasteiger partial charge in [-0.1, -0.05) is 32.9 Å². The molecule has 2 aromatic rings. The van der Waals surface area contributed by atoms with Crippen molar-refractivity contribution >= 4 is 16.9 Å². The number of H-pyrrole nitrogens is 1. The molecular formula is C23H34N2O3. The molecule has 0 unspecified atom stereocenters. The Kier molecular flexibility index (Phi) is 6.78. The first kappa shape index (κ1) is 20.9. The first-order chi connectivity index (χ1) is 13.3. The molecule has 28 heavy (non-hydrogen) atoms. The second-order valence-corrected chi connectivity index (χ2v) is 9.19. The second kappa shape index (κ2) is 9.10. The van der Waals surface area contributed by atoms with Crippen LogP contribution in [0.4, 0.5) is 0 Å². The van der Waals surface area contributed by atoms with Crippen molar-refractivity contribution in [3.05, 3.63) is 35.5 Å². The molecule has 1 saturated carbocycles. The summed E-state index contributed by atoms with van der Waals surface area (Å²) >= 11 is 0. The number of hydrogen-bond acceptors (Lipinski definition) is 3. The summed E-state index contributed by atoms with van der Waals surface area (Å²) in [6, 6.07) is 8.49. The van der Waals surface area contributed by atoms with Gasteiger partial charge >= 0.3 is 5.97 Å². The molecule has 0 amide bonds. The molecule has 0 atom stereocenters. The van der Waals surface area contributed by atoms with E-state index in [1.807, 2.05) is 0 Å². The Hall–Kier alpha value is -1.85. The summed E-state index contributed by atoms with van der Waals surface area (Å²) in [4.78, 5) is 14.0. The van der Waals surface area contributed by atoms with Gasteiger partial charge in [0.15, 0.2) is 0 Å². The van der Waals surface area contributed by atoms with Gasteiger partial charge in [-0.05, 0) is 60.1 Å². The monoisotopic (exact) mass is 386 g/mol. The molecule has 0 radical (unpaired) electrons. The number of aromatic nitrogens is 1. The highest BCUT2D eigenvalue weighted by molar-refractivity contribution is 5.81. The minimum atomic E-state index is -0.774. The Morgan fingerprint density at radius 3 is 2.64 bits per heavy atom. The molecule has 1 fully saturated rings. The Morgan fingerprint density at radius 1 is 1.21 bits per heavy atom. The summed E-state index contributed by atoms with van der Waals surface area (Å²) in [5.41, 5.74) is 3.77. The standard InChI is InChI=1S/C23H34N2O3/c1-23(2,3)18-6-8-20(9-7-18)28-15-19-13-17-5-4-16(12-21(17)25-19)14-24-11-10-22(26)27/h4-5,12-13,18,20,24-25H,6-11,14-15H2,1-3H3,(H,26,27). The molecule has 1 aliphatic carbocycles. The van der Waals surface area contributed by atoms with Crippen LogP contribution in [0.25, 0.3) is 10.9 Å². The number of rotatable bonds is 8. The van der Waals surface area contributed by atoms with E-state index >= 15 is 0 Å². The van der Waals surface area contributed by atoms with E-state index in [-0.39, 0.29) is 6.42 Å². The molecule has 0 aliphatic heterocycles. The summed E-state index contributed by atoms with van der Waals surface area (Å²) in [5, 5.41) is 13.0. The van der Waals surface area contributed by atoms with E-state index in [2.05, 4.69) is 55.3 Å².